The second kappa shape index (κ2) is 4.23. The molecule has 0 aliphatic carbocycles. The summed E-state index contributed by atoms with van der Waals surface area (Å²) in [5, 5.41) is 3.60. The molecule has 0 saturated carbocycles. The minimum Gasteiger partial charge on any atom is -0.461 e. The van der Waals surface area contributed by atoms with Crippen molar-refractivity contribution < 1.29 is 9.21 Å². The van der Waals surface area contributed by atoms with Crippen LogP contribution in [0.4, 0.5) is 0 Å². The van der Waals surface area contributed by atoms with Crippen LogP contribution in [0.15, 0.2) is 41.3 Å². The van der Waals surface area contributed by atoms with Gasteiger partial charge in [-0.15, -0.1) is 6.58 Å². The minimum atomic E-state index is -0.123. The van der Waals surface area contributed by atoms with Gasteiger partial charge in [-0.25, -0.2) is 0 Å². The third-order valence-electron chi connectivity index (χ3n) is 2.41. The molecule has 1 amide bonds. The first-order valence-electron chi connectivity index (χ1n) is 5.11. The number of fused-ring (bicyclic) bond motifs is 1. The van der Waals surface area contributed by atoms with E-state index in [0.29, 0.717) is 17.9 Å². The van der Waals surface area contributed by atoms with E-state index in [1.54, 1.807) is 13.0 Å². The van der Waals surface area contributed by atoms with Crippen molar-refractivity contribution in [3.8, 4) is 0 Å². The molecule has 82 valence electrons. The average molecular weight is 215 g/mol. The molecule has 0 aliphatic rings. The van der Waals surface area contributed by atoms with Crippen LogP contribution < -0.4 is 5.32 Å². The third-order valence-corrected chi connectivity index (χ3v) is 2.41. The average Bonchev–Trinajstić information content (AvgIpc) is 2.62. The highest BCUT2D eigenvalue weighted by Gasteiger charge is 2.16. The Morgan fingerprint density at radius 3 is 3.00 bits per heavy atom. The van der Waals surface area contributed by atoms with E-state index < -0.39 is 0 Å². The van der Waals surface area contributed by atoms with Crippen molar-refractivity contribution in [2.75, 3.05) is 6.54 Å². The zero-order valence-electron chi connectivity index (χ0n) is 9.12. The van der Waals surface area contributed by atoms with Crippen LogP contribution in [0.25, 0.3) is 11.0 Å². The number of furan rings is 1. The normalized spacial score (nSPS) is 10.3. The van der Waals surface area contributed by atoms with Crippen molar-refractivity contribution in [2.45, 2.75) is 6.92 Å². The second-order valence-electron chi connectivity index (χ2n) is 3.53. The number of para-hydroxylation sites is 1. The van der Waals surface area contributed by atoms with E-state index in [0.717, 1.165) is 11.0 Å². The number of hydrogen-bond acceptors (Lipinski definition) is 2. The summed E-state index contributed by atoms with van der Waals surface area (Å²) < 4.78 is 5.51. The molecule has 0 bridgehead atoms. The molecule has 1 heterocycles. The van der Waals surface area contributed by atoms with Crippen molar-refractivity contribution in [2.24, 2.45) is 0 Å². The number of rotatable bonds is 3. The van der Waals surface area contributed by atoms with Gasteiger partial charge in [0.15, 0.2) is 0 Å². The van der Waals surface area contributed by atoms with Gasteiger partial charge in [-0.05, 0) is 13.0 Å². The van der Waals surface area contributed by atoms with Gasteiger partial charge in [0.25, 0.3) is 5.91 Å². The SMILES string of the molecule is C=CCNC(=O)c1c(C)oc2ccccc12. The molecule has 3 heteroatoms. The van der Waals surface area contributed by atoms with Crippen LogP contribution in [-0.2, 0) is 0 Å². The van der Waals surface area contributed by atoms with E-state index in [9.17, 15) is 4.79 Å². The Labute approximate surface area is 93.8 Å². The Bertz CT molecular complexity index is 540. The highest BCUT2D eigenvalue weighted by atomic mass is 16.3. The van der Waals surface area contributed by atoms with Gasteiger partial charge in [0.2, 0.25) is 0 Å². The van der Waals surface area contributed by atoms with Gasteiger partial charge in [-0.1, -0.05) is 24.3 Å². The lowest BCUT2D eigenvalue weighted by Crippen LogP contribution is -2.23. The van der Waals surface area contributed by atoms with Crippen molar-refractivity contribution in [1.29, 1.82) is 0 Å². The standard InChI is InChI=1S/C13H13NO2/c1-3-8-14-13(15)12-9(2)16-11-7-5-4-6-10(11)12/h3-7H,1,8H2,2H3,(H,14,15). The van der Waals surface area contributed by atoms with Crippen LogP contribution in [-0.4, -0.2) is 12.5 Å². The van der Waals surface area contributed by atoms with Crippen LogP contribution in [0.5, 0.6) is 0 Å². The monoisotopic (exact) mass is 215 g/mol. The Kier molecular flexibility index (Phi) is 2.77. The summed E-state index contributed by atoms with van der Waals surface area (Å²) in [6.45, 7) is 5.81. The van der Waals surface area contributed by atoms with Crippen LogP contribution in [0.1, 0.15) is 16.1 Å². The van der Waals surface area contributed by atoms with E-state index in [2.05, 4.69) is 11.9 Å². The second-order valence-corrected chi connectivity index (χ2v) is 3.53. The number of aryl methyl sites for hydroxylation is 1. The van der Waals surface area contributed by atoms with Gasteiger partial charge < -0.3 is 9.73 Å². The van der Waals surface area contributed by atoms with E-state index in [1.807, 2.05) is 24.3 Å². The molecule has 0 radical (unpaired) electrons. The maximum absolute atomic E-state index is 11.9. The fraction of sp³-hybridized carbons (Fsp3) is 0.154. The fourth-order valence-corrected chi connectivity index (χ4v) is 1.70. The van der Waals surface area contributed by atoms with Gasteiger partial charge in [-0.3, -0.25) is 4.79 Å². The molecule has 1 N–H and O–H groups in total. The van der Waals surface area contributed by atoms with Gasteiger partial charge in [0.05, 0.1) is 5.56 Å². The van der Waals surface area contributed by atoms with Gasteiger partial charge in [0, 0.05) is 11.9 Å². The lowest BCUT2D eigenvalue weighted by Gasteiger charge is -2.00. The summed E-state index contributed by atoms with van der Waals surface area (Å²) in [4.78, 5) is 11.9. The zero-order valence-corrected chi connectivity index (χ0v) is 9.12. The van der Waals surface area contributed by atoms with E-state index >= 15 is 0 Å². The largest absolute Gasteiger partial charge is 0.461 e. The van der Waals surface area contributed by atoms with Crippen molar-refractivity contribution in [1.82, 2.24) is 5.32 Å². The first-order chi connectivity index (χ1) is 7.74. The highest BCUT2D eigenvalue weighted by molar-refractivity contribution is 6.07. The van der Waals surface area contributed by atoms with Gasteiger partial charge in [0.1, 0.15) is 11.3 Å². The Balaban J connectivity index is 2.46. The fourth-order valence-electron chi connectivity index (χ4n) is 1.70. The van der Waals surface area contributed by atoms with Gasteiger partial charge in [-0.2, -0.15) is 0 Å². The molecule has 0 aliphatic heterocycles. The number of amides is 1. The van der Waals surface area contributed by atoms with Crippen molar-refractivity contribution in [3.63, 3.8) is 0 Å². The number of hydrogen-bond donors (Lipinski definition) is 1. The molecule has 1 aromatic heterocycles. The summed E-state index contributed by atoms with van der Waals surface area (Å²) in [6, 6.07) is 7.51. The minimum absolute atomic E-state index is 0.123. The first-order valence-corrected chi connectivity index (χ1v) is 5.11. The molecule has 0 fully saturated rings. The summed E-state index contributed by atoms with van der Waals surface area (Å²) in [5.41, 5.74) is 1.35. The predicted octanol–water partition coefficient (Wildman–Crippen LogP) is 2.66. The molecule has 16 heavy (non-hydrogen) atoms. The van der Waals surface area contributed by atoms with Gasteiger partial charge >= 0.3 is 0 Å². The number of nitrogens with one attached hydrogen (secondary N) is 1. The quantitative estimate of drug-likeness (QED) is 0.800. The molecule has 1 aromatic carbocycles. The van der Waals surface area contributed by atoms with Crippen LogP contribution in [0.3, 0.4) is 0 Å². The maximum atomic E-state index is 11.9. The van der Waals surface area contributed by atoms with Crippen LogP contribution in [0, 0.1) is 6.92 Å². The molecule has 0 spiro atoms. The molecule has 0 atom stereocenters. The van der Waals surface area contributed by atoms with Crippen molar-refractivity contribution >= 4 is 16.9 Å². The lowest BCUT2D eigenvalue weighted by molar-refractivity contribution is 0.0958. The summed E-state index contributed by atoms with van der Waals surface area (Å²) in [6.07, 6.45) is 1.65. The number of carbonyl (C=O) groups excluding carboxylic acids is 1. The van der Waals surface area contributed by atoms with E-state index in [1.165, 1.54) is 0 Å². The zero-order chi connectivity index (χ0) is 11.5. The predicted molar refractivity (Wildman–Crippen MR) is 63.5 cm³/mol. The maximum Gasteiger partial charge on any atom is 0.255 e. The summed E-state index contributed by atoms with van der Waals surface area (Å²) in [5.74, 6) is 0.519. The molecular weight excluding hydrogens is 202 g/mol. The molecular formula is C13H13NO2. The van der Waals surface area contributed by atoms with E-state index in [4.69, 9.17) is 4.42 Å². The van der Waals surface area contributed by atoms with Crippen molar-refractivity contribution in [3.05, 3.63) is 48.2 Å². The Morgan fingerprint density at radius 2 is 2.25 bits per heavy atom. The van der Waals surface area contributed by atoms with Crippen LogP contribution in [0.2, 0.25) is 0 Å². The Morgan fingerprint density at radius 1 is 1.50 bits per heavy atom. The lowest BCUT2D eigenvalue weighted by atomic mass is 10.1. The highest BCUT2D eigenvalue weighted by Crippen LogP contribution is 2.24. The summed E-state index contributed by atoms with van der Waals surface area (Å²) in [7, 11) is 0. The smallest absolute Gasteiger partial charge is 0.255 e. The topological polar surface area (TPSA) is 42.2 Å². The molecule has 2 aromatic rings. The van der Waals surface area contributed by atoms with Crippen LogP contribution >= 0.6 is 0 Å². The summed E-state index contributed by atoms with van der Waals surface area (Å²) >= 11 is 0. The Hall–Kier alpha value is -2.03. The third kappa shape index (κ3) is 1.72. The molecule has 3 nitrogen and oxygen atoms in total. The molecule has 0 saturated heterocycles. The molecule has 2 rings (SSSR count). The molecule has 0 unspecified atom stereocenters. The number of carbonyl (C=O) groups is 1. The first kappa shape index (κ1) is 10.5. The number of benzene rings is 1. The van der Waals surface area contributed by atoms with E-state index in [-0.39, 0.29) is 5.91 Å².